The van der Waals surface area contributed by atoms with Gasteiger partial charge in [-0.05, 0) is 107 Å². The number of guanidine groups is 1. The van der Waals surface area contributed by atoms with Crippen LogP contribution in [0.4, 0.5) is 0 Å². The van der Waals surface area contributed by atoms with Gasteiger partial charge < -0.3 is 85.9 Å². The van der Waals surface area contributed by atoms with Crippen molar-refractivity contribution in [2.24, 2.45) is 39.0 Å². The number of primary amides is 1. The van der Waals surface area contributed by atoms with Crippen molar-refractivity contribution < 1.29 is 67.7 Å². The van der Waals surface area contributed by atoms with Gasteiger partial charge in [0.05, 0.1) is 6.61 Å². The Morgan fingerprint density at radius 2 is 1.11 bits per heavy atom. The van der Waals surface area contributed by atoms with Gasteiger partial charge in [0.25, 0.3) is 0 Å². The zero-order valence-electron chi connectivity index (χ0n) is 53.4. The van der Waals surface area contributed by atoms with Gasteiger partial charge in [0, 0.05) is 62.2 Å². The fraction of sp³-hybridized carbons (Fsp3) is 0.444. The Morgan fingerprint density at radius 3 is 1.66 bits per heavy atom. The van der Waals surface area contributed by atoms with Crippen LogP contribution in [0.2, 0.25) is 5.02 Å². The molecule has 0 saturated carbocycles. The molecule has 1 heterocycles. The van der Waals surface area contributed by atoms with Crippen molar-refractivity contribution in [1.29, 1.82) is 0 Å². The Hall–Kier alpha value is -10.4. The van der Waals surface area contributed by atoms with Crippen molar-refractivity contribution in [3.05, 3.63) is 123 Å². The maximum Gasteiger partial charge on any atom is 0.245 e. The van der Waals surface area contributed by atoms with Gasteiger partial charge in [-0.1, -0.05) is 92.2 Å². The number of hydrogen-bond acceptors (Lipinski definition) is 16. The van der Waals surface area contributed by atoms with E-state index in [0.717, 1.165) is 17.7 Å². The number of rotatable bonds is 35. The fourth-order valence-corrected chi connectivity index (χ4v) is 10.5. The molecule has 0 bridgehead atoms. The van der Waals surface area contributed by atoms with Gasteiger partial charge in [-0.2, -0.15) is 0 Å². The van der Waals surface area contributed by atoms with E-state index in [-0.39, 0.29) is 75.7 Å². The van der Waals surface area contributed by atoms with Crippen molar-refractivity contribution in [1.82, 2.24) is 52.8 Å². The number of nitrogens with one attached hydrogen (secondary N) is 9. The van der Waals surface area contributed by atoms with Crippen molar-refractivity contribution in [3.8, 4) is 5.75 Å². The second-order valence-electron chi connectivity index (χ2n) is 23.4. The maximum absolute atomic E-state index is 15.0. The molecule has 19 N–H and O–H groups in total. The minimum absolute atomic E-state index is 0.00326. The Kier molecular flexibility index (Phi) is 29.8. The summed E-state index contributed by atoms with van der Waals surface area (Å²) in [5.41, 5.74) is 32.6. The molecule has 5 rings (SSSR count). The molecule has 1 unspecified atom stereocenters. The summed E-state index contributed by atoms with van der Waals surface area (Å²) in [6.07, 6.45) is -0.820. The maximum atomic E-state index is 15.0. The van der Waals surface area contributed by atoms with E-state index < -0.39 is 151 Å². The summed E-state index contributed by atoms with van der Waals surface area (Å²) >= 11 is 6.08. The number of carbonyl (C=O) groups excluding carboxylic acids is 12. The Morgan fingerprint density at radius 1 is 0.625 bits per heavy atom. The summed E-state index contributed by atoms with van der Waals surface area (Å²) in [5.74, 6) is -11.7. The topological polar surface area (TPSA) is 522 Å². The molecular formula is C63H83ClN18O14. The first-order chi connectivity index (χ1) is 45.6. The van der Waals surface area contributed by atoms with Gasteiger partial charge in [0.15, 0.2) is 5.96 Å². The molecule has 0 spiro atoms. The number of azide groups is 1. The lowest BCUT2D eigenvalue weighted by Gasteiger charge is -2.31. The second-order valence-corrected chi connectivity index (χ2v) is 23.8. The number of likely N-dealkylation sites (tertiary alicyclic amines) is 1. The molecule has 10 atom stereocenters. The number of phenols is 1. The van der Waals surface area contributed by atoms with Crippen LogP contribution in [-0.4, -0.2) is 179 Å². The lowest BCUT2D eigenvalue weighted by Crippen LogP contribution is -2.62. The number of aliphatic hydroxyl groups excluding tert-OH is 1. The van der Waals surface area contributed by atoms with Gasteiger partial charge in [-0.15, -0.1) is 0 Å². The third-order valence-electron chi connectivity index (χ3n) is 15.3. The Bertz CT molecular complexity index is 3530. The van der Waals surface area contributed by atoms with Crippen molar-refractivity contribution in [3.63, 3.8) is 0 Å². The zero-order chi connectivity index (χ0) is 70.8. The van der Waals surface area contributed by atoms with E-state index in [2.05, 4.69) is 62.9 Å². The quantitative estimate of drug-likeness (QED) is 0.00615. The van der Waals surface area contributed by atoms with E-state index in [9.17, 15) is 63.0 Å². The summed E-state index contributed by atoms with van der Waals surface area (Å²) in [6, 6.07) is 9.58. The molecule has 12 amide bonds. The van der Waals surface area contributed by atoms with Crippen LogP contribution in [0.25, 0.3) is 21.2 Å². The number of aliphatic imine (C=N–C) groups is 1. The molecule has 0 aliphatic carbocycles. The highest BCUT2D eigenvalue weighted by Gasteiger charge is 2.40. The van der Waals surface area contributed by atoms with Gasteiger partial charge in [-0.3, -0.25) is 62.5 Å². The number of amides is 12. The highest BCUT2D eigenvalue weighted by atomic mass is 35.5. The Balaban J connectivity index is 1.43. The van der Waals surface area contributed by atoms with Gasteiger partial charge >= 0.3 is 0 Å². The summed E-state index contributed by atoms with van der Waals surface area (Å²) < 4.78 is 0. The van der Waals surface area contributed by atoms with E-state index in [1.54, 1.807) is 38.1 Å². The average molecular weight is 1350 g/mol. The van der Waals surface area contributed by atoms with Crippen LogP contribution in [0.1, 0.15) is 82.9 Å². The number of nitrogens with two attached hydrogens (primary N) is 4. The highest BCUT2D eigenvalue weighted by molar-refractivity contribution is 6.30. The van der Waals surface area contributed by atoms with Gasteiger partial charge in [0.1, 0.15) is 66.2 Å². The molecule has 4 aromatic rings. The summed E-state index contributed by atoms with van der Waals surface area (Å²) in [5, 5.41) is 48.4. The standard InChI is InChI=1S/C63H83ClN18O14/c1-33(2)25-44(54(88)73-43(11-7-23-70-63(67)68)62(96)82-24-8-12-51(82)61(95)71-34(3)53(66)87)74-56(90)47(29-38-13-18-39-9-5-6-10-40(39)26-38)76-55(89)45(28-37-16-21-42(85)22-17-37)77-60(94)50(32-83)79-59(93)49(31-65)78-57(91)46(27-36-14-19-41(64)20-15-36)75-58(92)48(72-35(4)84)30-52(86)80-81-69/h5-6,9-10,13-22,26,33-34,43-51,83,85H,7-8,11-12,23-25,27-32,65H2,1-4H3,(H2,66,87)(H,71,95)(H,72,84)(H,73,88)(H,74,90)(H,75,92)(H,76,89)(H,77,94)(H,78,91)(H,79,93)(H4,67,68,70)/t34-,43+,44+,45+,46-,47-,48+,49?,50+,51+/m1/s1. The van der Waals surface area contributed by atoms with Crippen molar-refractivity contribution in [2.75, 3.05) is 26.2 Å². The number of nitrogens with zero attached hydrogens (tertiary/aromatic N) is 5. The fourth-order valence-electron chi connectivity index (χ4n) is 10.4. The normalized spacial score (nSPS) is 15.4. The minimum atomic E-state index is -1.87. The summed E-state index contributed by atoms with van der Waals surface area (Å²) in [6.45, 7) is 4.44. The average Bonchev–Trinajstić information content (AvgIpc) is 1.41. The number of fused-ring (bicyclic) bond motifs is 1. The molecule has 0 radical (unpaired) electrons. The number of aromatic hydroxyl groups is 1. The molecular weight excluding hydrogens is 1270 g/mol. The second kappa shape index (κ2) is 37.5. The molecule has 1 aliphatic rings. The molecule has 516 valence electrons. The number of carbonyl (C=O) groups is 12. The number of hydrogen-bond donors (Lipinski definition) is 15. The smallest absolute Gasteiger partial charge is 0.245 e. The predicted molar refractivity (Wildman–Crippen MR) is 352 cm³/mol. The van der Waals surface area contributed by atoms with E-state index in [0.29, 0.717) is 28.1 Å². The molecule has 1 saturated heterocycles. The van der Waals surface area contributed by atoms with Crippen molar-refractivity contribution >= 4 is 99.2 Å². The largest absolute Gasteiger partial charge is 0.508 e. The van der Waals surface area contributed by atoms with Crippen LogP contribution in [0.5, 0.6) is 5.75 Å². The summed E-state index contributed by atoms with van der Waals surface area (Å²) in [7, 11) is 0. The van der Waals surface area contributed by atoms with Crippen LogP contribution >= 0.6 is 11.6 Å². The van der Waals surface area contributed by atoms with E-state index in [4.69, 9.17) is 40.1 Å². The summed E-state index contributed by atoms with van der Waals surface area (Å²) in [4.78, 5) is 172. The van der Waals surface area contributed by atoms with Crippen LogP contribution in [0, 0.1) is 5.92 Å². The molecule has 32 nitrogen and oxygen atoms in total. The molecule has 33 heteroatoms. The van der Waals surface area contributed by atoms with Crippen LogP contribution in [-0.2, 0) is 76.8 Å². The van der Waals surface area contributed by atoms with E-state index >= 15 is 4.79 Å². The third kappa shape index (κ3) is 24.2. The monoisotopic (exact) mass is 1350 g/mol. The van der Waals surface area contributed by atoms with Crippen LogP contribution in [0.3, 0.4) is 0 Å². The third-order valence-corrected chi connectivity index (χ3v) is 15.6. The number of aliphatic hydroxyl groups is 1. The number of benzene rings is 4. The Labute approximate surface area is 557 Å². The molecule has 4 aromatic carbocycles. The van der Waals surface area contributed by atoms with Crippen LogP contribution in [0.15, 0.2) is 101 Å². The molecule has 0 aromatic heterocycles. The SMILES string of the molecule is CC(=O)N[C@@H](CC(=O)N=[N+]=[N-])C(=O)N[C@H](Cc1ccc(Cl)cc1)C(=O)NC(CN)C(=O)N[C@@H](CO)C(=O)N[C@@H](Cc1ccc(O)cc1)C(=O)N[C@H](Cc1ccc2ccccc2c1)C(=O)N[C@@H](CC(C)C)C(=O)N[C@@H](CCCN=C(N)N)C(=O)N1CCC[C@H]1C(=O)N[C@H](C)C(N)=O. The van der Waals surface area contributed by atoms with Crippen LogP contribution < -0.4 is 70.8 Å². The first-order valence-electron chi connectivity index (χ1n) is 30.8. The van der Waals surface area contributed by atoms with E-state index in [1.165, 1.54) is 60.4 Å². The molecule has 96 heavy (non-hydrogen) atoms. The lowest BCUT2D eigenvalue weighted by molar-refractivity contribution is -0.142. The molecule has 1 aliphatic heterocycles. The number of phenolic OH excluding ortho intramolecular Hbond substituents is 1. The minimum Gasteiger partial charge on any atom is -0.508 e. The lowest BCUT2D eigenvalue weighted by atomic mass is 9.98. The van der Waals surface area contributed by atoms with Gasteiger partial charge in [-0.25, -0.2) is 0 Å². The van der Waals surface area contributed by atoms with Gasteiger partial charge in [0.2, 0.25) is 70.9 Å². The molecule has 1 fully saturated rings. The predicted octanol–water partition coefficient (Wildman–Crippen LogP) is -1.62. The first kappa shape index (κ1) is 76.3. The highest BCUT2D eigenvalue weighted by Crippen LogP contribution is 2.22. The first-order valence-corrected chi connectivity index (χ1v) is 31.2. The van der Waals surface area contributed by atoms with E-state index in [1.807, 2.05) is 18.2 Å². The number of halogens is 1. The van der Waals surface area contributed by atoms with Crippen molar-refractivity contribution in [2.45, 2.75) is 146 Å². The zero-order valence-corrected chi connectivity index (χ0v) is 54.2.